The summed E-state index contributed by atoms with van der Waals surface area (Å²) in [5.41, 5.74) is 3.52. The fourth-order valence-electron chi connectivity index (χ4n) is 5.19. The van der Waals surface area contributed by atoms with E-state index in [2.05, 4.69) is 44.0 Å². The van der Waals surface area contributed by atoms with Gasteiger partial charge in [0.1, 0.15) is 6.10 Å². The number of imidazole rings is 1. The molecule has 0 fully saturated rings. The number of aryl methyl sites for hydroxylation is 1. The summed E-state index contributed by atoms with van der Waals surface area (Å²) in [5.74, 6) is 1.85. The van der Waals surface area contributed by atoms with E-state index in [1.165, 1.54) is 17.2 Å². The number of methoxy groups -OCH3 is 1. The number of hydrogen-bond acceptors (Lipinski definition) is 4. The Morgan fingerprint density at radius 3 is 2.78 bits per heavy atom. The highest BCUT2D eigenvalue weighted by Crippen LogP contribution is 2.45. The first-order valence-corrected chi connectivity index (χ1v) is 11.8. The lowest BCUT2D eigenvalue weighted by atomic mass is 9.64. The van der Waals surface area contributed by atoms with Crippen LogP contribution in [0.2, 0.25) is 0 Å². The highest BCUT2D eigenvalue weighted by atomic mass is 16.5. The van der Waals surface area contributed by atoms with Gasteiger partial charge >= 0.3 is 5.97 Å². The first kappa shape index (κ1) is 24.1. The molecule has 174 valence electrons. The van der Waals surface area contributed by atoms with Crippen LogP contribution < -0.4 is 0 Å². The first-order chi connectivity index (χ1) is 15.4. The average molecular weight is 439 g/mol. The second-order valence-electron chi connectivity index (χ2n) is 9.58. The highest BCUT2D eigenvalue weighted by Gasteiger charge is 2.37. The van der Waals surface area contributed by atoms with Gasteiger partial charge in [-0.05, 0) is 67.9 Å². The summed E-state index contributed by atoms with van der Waals surface area (Å²) in [7, 11) is 3.64. The Hall–Kier alpha value is -2.56. The number of hydrogen-bond donors (Lipinski definition) is 0. The van der Waals surface area contributed by atoms with Gasteiger partial charge in [0.25, 0.3) is 0 Å². The number of nitrogens with zero attached hydrogens (tertiary/aromatic N) is 2. The van der Waals surface area contributed by atoms with Gasteiger partial charge < -0.3 is 14.0 Å². The van der Waals surface area contributed by atoms with Crippen molar-refractivity contribution in [3.63, 3.8) is 0 Å². The maximum atomic E-state index is 12.6. The lowest BCUT2D eigenvalue weighted by molar-refractivity contribution is -0.143. The van der Waals surface area contributed by atoms with Crippen molar-refractivity contribution in [3.8, 4) is 0 Å². The largest absolute Gasteiger partial charge is 0.504 e. The average Bonchev–Trinajstić information content (AvgIpc) is 3.17. The number of esters is 1. The van der Waals surface area contributed by atoms with Gasteiger partial charge in [0.05, 0.1) is 25.4 Å². The van der Waals surface area contributed by atoms with Gasteiger partial charge in [-0.3, -0.25) is 0 Å². The topological polar surface area (TPSA) is 53.4 Å². The van der Waals surface area contributed by atoms with Crippen molar-refractivity contribution in [1.82, 2.24) is 9.55 Å². The SMILES string of the molecule is COC=C1CC=CCC(OC(=O)C=Cc2cn(C)cn2)CC2C(C)=CCC(C(C)C)C2C1. The van der Waals surface area contributed by atoms with Crippen LogP contribution >= 0.6 is 0 Å². The highest BCUT2D eigenvalue weighted by molar-refractivity contribution is 5.86. The molecule has 0 aliphatic heterocycles. The summed E-state index contributed by atoms with van der Waals surface area (Å²) in [6, 6.07) is 0. The molecule has 5 nitrogen and oxygen atoms in total. The Labute approximate surface area is 192 Å². The Bertz CT molecular complexity index is 890. The fourth-order valence-corrected chi connectivity index (χ4v) is 5.19. The zero-order valence-corrected chi connectivity index (χ0v) is 20.2. The number of aromatic nitrogens is 2. The van der Waals surface area contributed by atoms with Gasteiger partial charge in [-0.1, -0.05) is 37.6 Å². The van der Waals surface area contributed by atoms with Gasteiger partial charge in [0.2, 0.25) is 0 Å². The predicted molar refractivity (Wildman–Crippen MR) is 129 cm³/mol. The van der Waals surface area contributed by atoms with Crippen molar-refractivity contribution in [2.24, 2.45) is 30.7 Å². The third-order valence-corrected chi connectivity index (χ3v) is 6.86. The third kappa shape index (κ3) is 6.47. The minimum Gasteiger partial charge on any atom is -0.504 e. The number of ether oxygens (including phenoxy) is 2. The van der Waals surface area contributed by atoms with E-state index in [4.69, 9.17) is 9.47 Å². The van der Waals surface area contributed by atoms with E-state index in [9.17, 15) is 4.79 Å². The van der Waals surface area contributed by atoms with Crippen LogP contribution in [0.1, 0.15) is 58.6 Å². The third-order valence-electron chi connectivity index (χ3n) is 6.86. The molecule has 0 spiro atoms. The molecule has 3 rings (SSSR count). The van der Waals surface area contributed by atoms with Gasteiger partial charge in [-0.15, -0.1) is 0 Å². The molecule has 2 aliphatic carbocycles. The van der Waals surface area contributed by atoms with Crippen LogP contribution in [0.15, 0.2) is 54.2 Å². The Morgan fingerprint density at radius 2 is 2.09 bits per heavy atom. The van der Waals surface area contributed by atoms with E-state index in [1.54, 1.807) is 19.5 Å². The van der Waals surface area contributed by atoms with E-state index >= 15 is 0 Å². The predicted octanol–water partition coefficient (Wildman–Crippen LogP) is 5.86. The minimum absolute atomic E-state index is 0.137. The minimum atomic E-state index is -0.305. The lowest BCUT2D eigenvalue weighted by Crippen LogP contribution is -2.34. The molecule has 1 heterocycles. The van der Waals surface area contributed by atoms with Gasteiger partial charge in [-0.2, -0.15) is 0 Å². The maximum absolute atomic E-state index is 12.6. The molecule has 0 N–H and O–H groups in total. The van der Waals surface area contributed by atoms with Crippen molar-refractivity contribution >= 4 is 12.0 Å². The summed E-state index contributed by atoms with van der Waals surface area (Å²) in [6.45, 7) is 6.90. The Kier molecular flexibility index (Phi) is 8.54. The molecule has 2 aliphatic rings. The van der Waals surface area contributed by atoms with Crippen molar-refractivity contribution in [2.45, 2.75) is 59.0 Å². The van der Waals surface area contributed by atoms with Crippen LogP contribution in [0, 0.1) is 23.7 Å². The summed E-state index contributed by atoms with van der Waals surface area (Å²) in [5, 5.41) is 0. The monoisotopic (exact) mass is 438 g/mol. The maximum Gasteiger partial charge on any atom is 0.331 e. The molecule has 5 heteroatoms. The summed E-state index contributed by atoms with van der Waals surface area (Å²) in [6.07, 6.45) is 19.9. The second-order valence-corrected chi connectivity index (χ2v) is 9.58. The second kappa shape index (κ2) is 11.3. The van der Waals surface area contributed by atoms with E-state index in [0.717, 1.165) is 37.8 Å². The van der Waals surface area contributed by atoms with Crippen molar-refractivity contribution in [2.75, 3.05) is 7.11 Å². The van der Waals surface area contributed by atoms with Crippen molar-refractivity contribution < 1.29 is 14.3 Å². The molecule has 0 amide bonds. The summed E-state index contributed by atoms with van der Waals surface area (Å²) in [4.78, 5) is 16.8. The molecule has 0 radical (unpaired) electrons. The smallest absolute Gasteiger partial charge is 0.331 e. The Balaban J connectivity index is 1.80. The molecule has 0 aromatic carbocycles. The number of fused-ring (bicyclic) bond motifs is 1. The first-order valence-electron chi connectivity index (χ1n) is 11.8. The van der Waals surface area contributed by atoms with Crippen LogP contribution in [0.3, 0.4) is 0 Å². The summed E-state index contributed by atoms with van der Waals surface area (Å²) >= 11 is 0. The van der Waals surface area contributed by atoms with Crippen LogP contribution in [-0.4, -0.2) is 28.7 Å². The number of carbonyl (C=O) groups excluding carboxylic acids is 1. The number of rotatable bonds is 5. The molecule has 32 heavy (non-hydrogen) atoms. The van der Waals surface area contributed by atoms with Crippen molar-refractivity contribution in [1.29, 1.82) is 0 Å². The zero-order valence-electron chi connectivity index (χ0n) is 20.2. The number of allylic oxidation sites excluding steroid dienone is 4. The van der Waals surface area contributed by atoms with E-state index in [1.807, 2.05) is 24.1 Å². The Morgan fingerprint density at radius 1 is 1.28 bits per heavy atom. The molecule has 1 aromatic rings. The molecule has 0 bridgehead atoms. The molecule has 1 aromatic heterocycles. The molecule has 0 saturated carbocycles. The van der Waals surface area contributed by atoms with Crippen LogP contribution in [0.5, 0.6) is 0 Å². The standard InChI is InChI=1S/C27H38N2O3/c1-19(2)24-12-10-20(3)25-15-23(9-7-6-8-21(17-31-5)14-26(24)25)32-27(30)13-11-22-16-29(4)18-28-22/h6-7,10-11,13,16-19,23-26H,8-9,12,14-15H2,1-5H3. The van der Waals surface area contributed by atoms with E-state index in [0.29, 0.717) is 23.7 Å². The van der Waals surface area contributed by atoms with Crippen molar-refractivity contribution in [3.05, 3.63) is 59.9 Å². The molecular formula is C27H38N2O3. The van der Waals surface area contributed by atoms with Gasteiger partial charge in [-0.25, -0.2) is 9.78 Å². The lowest BCUT2D eigenvalue weighted by Gasteiger charge is -2.41. The van der Waals surface area contributed by atoms with Crippen LogP contribution in [0.25, 0.3) is 6.08 Å². The molecule has 0 saturated heterocycles. The zero-order chi connectivity index (χ0) is 23.1. The molecule has 4 atom stereocenters. The van der Waals surface area contributed by atoms with E-state index in [-0.39, 0.29) is 12.1 Å². The van der Waals surface area contributed by atoms with E-state index < -0.39 is 0 Å². The quantitative estimate of drug-likeness (QED) is 0.250. The number of carbonyl (C=O) groups is 1. The normalized spacial score (nSPS) is 27.9. The van der Waals surface area contributed by atoms with Gasteiger partial charge in [0.15, 0.2) is 0 Å². The van der Waals surface area contributed by atoms with Gasteiger partial charge in [0, 0.05) is 25.7 Å². The fraction of sp³-hybridized carbons (Fsp3) is 0.556. The van der Waals surface area contributed by atoms with Crippen LogP contribution in [-0.2, 0) is 21.3 Å². The molecular weight excluding hydrogens is 400 g/mol. The molecule has 4 unspecified atom stereocenters. The van der Waals surface area contributed by atoms with Crippen LogP contribution in [0.4, 0.5) is 0 Å². The summed E-state index contributed by atoms with van der Waals surface area (Å²) < 4.78 is 13.2.